The lowest BCUT2D eigenvalue weighted by atomic mass is 9.97. The fourth-order valence-electron chi connectivity index (χ4n) is 1.40. The van der Waals surface area contributed by atoms with Crippen LogP contribution in [0.15, 0.2) is 12.1 Å². The van der Waals surface area contributed by atoms with Crippen molar-refractivity contribution in [1.82, 2.24) is 0 Å². The van der Waals surface area contributed by atoms with Gasteiger partial charge in [0.25, 0.3) is 0 Å². The van der Waals surface area contributed by atoms with Gasteiger partial charge in [0.05, 0.1) is 5.56 Å². The summed E-state index contributed by atoms with van der Waals surface area (Å²) in [5.41, 5.74) is 11.8. The third-order valence-corrected chi connectivity index (χ3v) is 2.27. The molecule has 1 aromatic rings. The highest BCUT2D eigenvalue weighted by Crippen LogP contribution is 2.29. The Kier molecular flexibility index (Phi) is 5.23. The minimum Gasteiger partial charge on any atom is -0.507 e. The third kappa shape index (κ3) is 2.63. The molecule has 0 aliphatic rings. The molecule has 5 nitrogen and oxygen atoms in total. The zero-order valence-corrected chi connectivity index (χ0v) is 9.62. The van der Waals surface area contributed by atoms with E-state index in [1.54, 1.807) is 6.92 Å². The summed E-state index contributed by atoms with van der Waals surface area (Å²) >= 11 is 0. The number of aryl methyl sites for hydroxylation is 1. The number of aromatic carboxylic acids is 1. The minimum atomic E-state index is -1.12. The first-order chi connectivity index (χ1) is 6.99. The van der Waals surface area contributed by atoms with E-state index in [1.807, 2.05) is 0 Å². The summed E-state index contributed by atoms with van der Waals surface area (Å²) in [6.07, 6.45) is 0. The van der Waals surface area contributed by atoms with Crippen molar-refractivity contribution in [3.63, 3.8) is 0 Å². The van der Waals surface area contributed by atoms with E-state index in [2.05, 4.69) is 0 Å². The van der Waals surface area contributed by atoms with E-state index in [1.165, 1.54) is 12.1 Å². The molecule has 16 heavy (non-hydrogen) atoms. The molecule has 0 radical (unpaired) electrons. The van der Waals surface area contributed by atoms with E-state index in [0.29, 0.717) is 5.56 Å². The summed E-state index contributed by atoms with van der Waals surface area (Å²) in [4.78, 5) is 10.9. The van der Waals surface area contributed by atoms with E-state index >= 15 is 0 Å². The van der Waals surface area contributed by atoms with Crippen molar-refractivity contribution < 1.29 is 15.0 Å². The lowest BCUT2D eigenvalue weighted by molar-refractivity contribution is 0.0694. The van der Waals surface area contributed by atoms with Crippen LogP contribution in [0.4, 0.5) is 0 Å². The molecule has 0 aliphatic heterocycles. The van der Waals surface area contributed by atoms with Crippen molar-refractivity contribution in [3.05, 3.63) is 28.8 Å². The van der Waals surface area contributed by atoms with Gasteiger partial charge >= 0.3 is 5.97 Å². The van der Waals surface area contributed by atoms with E-state index in [4.69, 9.17) is 16.6 Å². The Morgan fingerprint density at radius 2 is 2.06 bits per heavy atom. The minimum absolute atomic E-state index is 0. The van der Waals surface area contributed by atoms with Crippen LogP contribution in [-0.2, 0) is 0 Å². The van der Waals surface area contributed by atoms with Gasteiger partial charge in [0.2, 0.25) is 0 Å². The summed E-state index contributed by atoms with van der Waals surface area (Å²) in [5, 5.41) is 18.6. The molecule has 0 fully saturated rings. The molecular weight excluding hydrogens is 232 g/mol. The van der Waals surface area contributed by atoms with Crippen molar-refractivity contribution in [2.24, 2.45) is 11.5 Å². The van der Waals surface area contributed by atoms with Gasteiger partial charge in [0, 0.05) is 18.2 Å². The van der Waals surface area contributed by atoms with Crippen molar-refractivity contribution >= 4 is 18.4 Å². The average molecular weight is 247 g/mol. The van der Waals surface area contributed by atoms with Crippen LogP contribution in [0.1, 0.15) is 27.5 Å². The zero-order valence-electron chi connectivity index (χ0n) is 8.80. The largest absolute Gasteiger partial charge is 0.507 e. The average Bonchev–Trinajstić information content (AvgIpc) is 2.20. The number of aromatic hydroxyl groups is 1. The summed E-state index contributed by atoms with van der Waals surface area (Å²) < 4.78 is 0. The first-order valence-corrected chi connectivity index (χ1v) is 4.50. The Morgan fingerprint density at radius 3 is 2.50 bits per heavy atom. The number of hydrogen-bond acceptors (Lipinski definition) is 4. The highest BCUT2D eigenvalue weighted by Gasteiger charge is 2.20. The van der Waals surface area contributed by atoms with Crippen LogP contribution in [0.3, 0.4) is 0 Å². The van der Waals surface area contributed by atoms with Gasteiger partial charge < -0.3 is 21.7 Å². The summed E-state index contributed by atoms with van der Waals surface area (Å²) in [7, 11) is 0. The van der Waals surface area contributed by atoms with Gasteiger partial charge in [0.1, 0.15) is 5.75 Å². The molecule has 1 rings (SSSR count). The molecule has 0 heterocycles. The van der Waals surface area contributed by atoms with Gasteiger partial charge in [-0.2, -0.15) is 0 Å². The lowest BCUT2D eigenvalue weighted by Crippen LogP contribution is -2.23. The molecule has 1 aromatic carbocycles. The second-order valence-corrected chi connectivity index (χ2v) is 3.34. The molecule has 1 atom stereocenters. The number of carboxylic acid groups (broad SMARTS) is 1. The van der Waals surface area contributed by atoms with Gasteiger partial charge in [0.15, 0.2) is 0 Å². The molecular formula is C10H15ClN2O3. The van der Waals surface area contributed by atoms with Crippen molar-refractivity contribution in [2.45, 2.75) is 13.0 Å². The Labute approximate surface area is 99.5 Å². The maximum absolute atomic E-state index is 10.9. The molecule has 0 saturated carbocycles. The van der Waals surface area contributed by atoms with Crippen LogP contribution in [-0.4, -0.2) is 22.7 Å². The zero-order chi connectivity index (χ0) is 11.6. The van der Waals surface area contributed by atoms with Gasteiger partial charge in [-0.15, -0.1) is 12.4 Å². The molecule has 0 spiro atoms. The standard InChI is InChI=1S/C10H14N2O3.ClH/c1-5-2-3-6(10(14)15)8(9(5)13)7(12)4-11;/h2-3,7,13H,4,11-12H2,1H3,(H,14,15);1H/t7-;/m1./s1. The topological polar surface area (TPSA) is 110 Å². The monoisotopic (exact) mass is 246 g/mol. The normalized spacial score (nSPS) is 11.7. The first-order valence-electron chi connectivity index (χ1n) is 4.50. The third-order valence-electron chi connectivity index (χ3n) is 2.27. The predicted molar refractivity (Wildman–Crippen MR) is 63.0 cm³/mol. The molecule has 6 N–H and O–H groups in total. The number of carbonyl (C=O) groups is 1. The fourth-order valence-corrected chi connectivity index (χ4v) is 1.40. The SMILES string of the molecule is Cc1ccc(C(=O)O)c([C@H](N)CN)c1O.Cl. The molecule has 0 aromatic heterocycles. The number of rotatable bonds is 3. The molecule has 90 valence electrons. The second kappa shape index (κ2) is 5.69. The van der Waals surface area contributed by atoms with Crippen LogP contribution in [0.2, 0.25) is 0 Å². The van der Waals surface area contributed by atoms with E-state index < -0.39 is 12.0 Å². The smallest absolute Gasteiger partial charge is 0.336 e. The van der Waals surface area contributed by atoms with Crippen LogP contribution in [0, 0.1) is 6.92 Å². The highest BCUT2D eigenvalue weighted by atomic mass is 35.5. The Hall–Kier alpha value is -1.30. The molecule has 0 bridgehead atoms. The number of benzene rings is 1. The number of hydrogen-bond donors (Lipinski definition) is 4. The number of nitrogens with two attached hydrogens (primary N) is 2. The highest BCUT2D eigenvalue weighted by molar-refractivity contribution is 5.90. The van der Waals surface area contributed by atoms with E-state index in [-0.39, 0.29) is 35.8 Å². The quantitative estimate of drug-likeness (QED) is 0.630. The molecule has 0 amide bonds. The van der Waals surface area contributed by atoms with E-state index in [0.717, 1.165) is 0 Å². The first kappa shape index (κ1) is 14.7. The predicted octanol–water partition coefficient (Wildman–Crippen LogP) is 0.779. The van der Waals surface area contributed by atoms with Crippen LogP contribution < -0.4 is 11.5 Å². The van der Waals surface area contributed by atoms with Gasteiger partial charge in [-0.1, -0.05) is 6.07 Å². The summed E-state index contributed by atoms with van der Waals surface area (Å²) in [6.45, 7) is 1.75. The maximum atomic E-state index is 10.9. The van der Waals surface area contributed by atoms with Crippen molar-refractivity contribution in [3.8, 4) is 5.75 Å². The van der Waals surface area contributed by atoms with E-state index in [9.17, 15) is 9.90 Å². The van der Waals surface area contributed by atoms with Gasteiger partial charge in [-0.05, 0) is 18.6 Å². The second-order valence-electron chi connectivity index (χ2n) is 3.34. The molecule has 0 saturated heterocycles. The van der Waals surface area contributed by atoms with Crippen LogP contribution >= 0.6 is 12.4 Å². The molecule has 6 heteroatoms. The number of halogens is 1. The maximum Gasteiger partial charge on any atom is 0.336 e. The lowest BCUT2D eigenvalue weighted by Gasteiger charge is -2.15. The molecule has 0 aliphatic carbocycles. The van der Waals surface area contributed by atoms with Crippen molar-refractivity contribution in [1.29, 1.82) is 0 Å². The van der Waals surface area contributed by atoms with Crippen molar-refractivity contribution in [2.75, 3.05) is 6.54 Å². The van der Waals surface area contributed by atoms with Gasteiger partial charge in [-0.3, -0.25) is 0 Å². The number of carboxylic acids is 1. The van der Waals surface area contributed by atoms with Gasteiger partial charge in [-0.25, -0.2) is 4.79 Å². The van der Waals surface area contributed by atoms with Crippen LogP contribution in [0.5, 0.6) is 5.75 Å². The Bertz CT molecular complexity index is 396. The number of phenols is 1. The fraction of sp³-hybridized carbons (Fsp3) is 0.300. The summed E-state index contributed by atoms with van der Waals surface area (Å²) in [5.74, 6) is -1.21. The molecule has 0 unspecified atom stereocenters. The summed E-state index contributed by atoms with van der Waals surface area (Å²) in [6, 6.07) is 2.28. The van der Waals surface area contributed by atoms with Crippen LogP contribution in [0.25, 0.3) is 0 Å². The Morgan fingerprint density at radius 1 is 1.50 bits per heavy atom. The Balaban J connectivity index is 0.00000225. The number of phenolic OH excluding ortho intramolecular Hbond substituents is 1.